The first-order chi connectivity index (χ1) is 7.11. The Labute approximate surface area is 90.3 Å². The summed E-state index contributed by atoms with van der Waals surface area (Å²) in [6.45, 7) is 3.48. The molecule has 5 nitrogen and oxygen atoms in total. The molecule has 15 heavy (non-hydrogen) atoms. The van der Waals surface area contributed by atoms with Crippen LogP contribution in [0.3, 0.4) is 0 Å². The third-order valence-electron chi connectivity index (χ3n) is 1.57. The summed E-state index contributed by atoms with van der Waals surface area (Å²) in [4.78, 5) is 9.83. The summed E-state index contributed by atoms with van der Waals surface area (Å²) >= 11 is 0. The lowest BCUT2D eigenvalue weighted by Crippen LogP contribution is -2.27. The van der Waals surface area contributed by atoms with E-state index in [2.05, 4.69) is 0 Å². The van der Waals surface area contributed by atoms with Crippen molar-refractivity contribution in [1.29, 1.82) is 0 Å². The first-order valence-corrected chi connectivity index (χ1v) is 6.65. The van der Waals surface area contributed by atoms with Crippen LogP contribution in [0.25, 0.3) is 0 Å². The van der Waals surface area contributed by atoms with E-state index in [4.69, 9.17) is 19.5 Å². The SMILES string of the molecule is CCO[P+](O)(COC(CN)CF)OCC. The molecule has 0 radical (unpaired) electrons. The van der Waals surface area contributed by atoms with Crippen LogP contribution in [-0.4, -0.2) is 43.8 Å². The minimum Gasteiger partial charge on any atom is -0.332 e. The highest BCUT2D eigenvalue weighted by molar-refractivity contribution is 7.60. The van der Waals surface area contributed by atoms with E-state index in [-0.39, 0.29) is 12.9 Å². The minimum absolute atomic E-state index is 0.0642. The van der Waals surface area contributed by atoms with E-state index in [9.17, 15) is 9.28 Å². The van der Waals surface area contributed by atoms with Gasteiger partial charge in [0.2, 0.25) is 6.35 Å². The third kappa shape index (κ3) is 6.35. The second-order valence-electron chi connectivity index (χ2n) is 2.78. The predicted octanol–water partition coefficient (Wildman–Crippen LogP) is 1.09. The lowest BCUT2D eigenvalue weighted by molar-refractivity contribution is 0.0473. The summed E-state index contributed by atoms with van der Waals surface area (Å²) in [6, 6.07) is 0. The van der Waals surface area contributed by atoms with Gasteiger partial charge in [0.1, 0.15) is 12.8 Å². The molecule has 1 unspecified atom stereocenters. The molecule has 0 saturated carbocycles. The molecule has 0 spiro atoms. The topological polar surface area (TPSA) is 73.9 Å². The van der Waals surface area contributed by atoms with E-state index in [0.717, 1.165) is 0 Å². The van der Waals surface area contributed by atoms with Crippen LogP contribution in [0.4, 0.5) is 4.39 Å². The number of ether oxygens (including phenoxy) is 1. The zero-order chi connectivity index (χ0) is 11.7. The Morgan fingerprint density at radius 1 is 1.33 bits per heavy atom. The maximum absolute atomic E-state index is 12.2. The van der Waals surface area contributed by atoms with Crippen LogP contribution >= 0.6 is 7.94 Å². The molecule has 0 rings (SSSR count). The van der Waals surface area contributed by atoms with Crippen molar-refractivity contribution in [2.24, 2.45) is 5.73 Å². The molecule has 0 bridgehead atoms. The first kappa shape index (κ1) is 15.2. The molecule has 3 N–H and O–H groups in total. The number of nitrogens with two attached hydrogens (primary N) is 1. The van der Waals surface area contributed by atoms with Crippen molar-refractivity contribution >= 4 is 7.94 Å². The maximum atomic E-state index is 12.2. The smallest absolute Gasteiger partial charge is 0.332 e. The largest absolute Gasteiger partial charge is 0.436 e. The molecular formula is C8H20FNO4P+. The summed E-state index contributed by atoms with van der Waals surface area (Å²) in [7, 11) is -2.99. The lowest BCUT2D eigenvalue weighted by atomic mass is 10.4. The fourth-order valence-corrected chi connectivity index (χ4v) is 2.32. The Hall–Kier alpha value is 0.160. The average molecular weight is 244 g/mol. The van der Waals surface area contributed by atoms with E-state index in [0.29, 0.717) is 13.2 Å². The normalized spacial score (nSPS) is 14.2. The second-order valence-corrected chi connectivity index (χ2v) is 4.83. The quantitative estimate of drug-likeness (QED) is 0.594. The van der Waals surface area contributed by atoms with Crippen molar-refractivity contribution in [1.82, 2.24) is 0 Å². The van der Waals surface area contributed by atoms with Crippen LogP contribution < -0.4 is 5.73 Å². The van der Waals surface area contributed by atoms with Crippen LogP contribution in [0, 0.1) is 0 Å². The van der Waals surface area contributed by atoms with Crippen LogP contribution in [0.1, 0.15) is 13.8 Å². The van der Waals surface area contributed by atoms with E-state index in [1.807, 2.05) is 0 Å². The molecule has 0 heterocycles. The predicted molar refractivity (Wildman–Crippen MR) is 57.2 cm³/mol. The monoisotopic (exact) mass is 244 g/mol. The molecule has 0 fully saturated rings. The Balaban J connectivity index is 4.03. The van der Waals surface area contributed by atoms with Crippen molar-refractivity contribution < 1.29 is 23.1 Å². The van der Waals surface area contributed by atoms with E-state index >= 15 is 0 Å². The molecule has 0 aliphatic carbocycles. The highest BCUT2D eigenvalue weighted by Gasteiger charge is 2.41. The highest BCUT2D eigenvalue weighted by atomic mass is 31.2. The average Bonchev–Trinajstić information content (AvgIpc) is 2.20. The van der Waals surface area contributed by atoms with Crippen LogP contribution in [0.15, 0.2) is 0 Å². The standard InChI is InChI=1S/C8H20FNO4P/c1-3-13-15(11,14-4-2)7-12-8(5-9)6-10/h8,11H,3-7,10H2,1-2H3/q+1. The molecule has 0 aromatic heterocycles. The van der Waals surface area contributed by atoms with E-state index in [1.54, 1.807) is 13.8 Å². The molecule has 0 saturated heterocycles. The number of rotatable bonds is 9. The number of hydrogen-bond donors (Lipinski definition) is 2. The van der Waals surface area contributed by atoms with Gasteiger partial charge >= 0.3 is 7.94 Å². The zero-order valence-electron chi connectivity index (χ0n) is 9.19. The Morgan fingerprint density at radius 3 is 2.20 bits per heavy atom. The summed E-state index contributed by atoms with van der Waals surface area (Å²) < 4.78 is 27.4. The molecule has 1 atom stereocenters. The van der Waals surface area contributed by atoms with Gasteiger partial charge in [-0.05, 0) is 13.8 Å². The number of halogens is 1. The van der Waals surface area contributed by atoms with Gasteiger partial charge in [-0.25, -0.2) is 4.39 Å². The van der Waals surface area contributed by atoms with Gasteiger partial charge in [-0.1, -0.05) is 0 Å². The van der Waals surface area contributed by atoms with Gasteiger partial charge in [0.05, 0.1) is 13.2 Å². The van der Waals surface area contributed by atoms with Gasteiger partial charge in [0.25, 0.3) is 0 Å². The molecule has 0 aliphatic rings. The summed E-state index contributed by atoms with van der Waals surface area (Å²) in [6.07, 6.45) is -0.863. The summed E-state index contributed by atoms with van der Waals surface area (Å²) in [5.41, 5.74) is 5.24. The second kappa shape index (κ2) is 8.33. The molecule has 92 valence electrons. The van der Waals surface area contributed by atoms with Gasteiger partial charge in [0.15, 0.2) is 0 Å². The van der Waals surface area contributed by atoms with Gasteiger partial charge in [-0.15, -0.1) is 0 Å². The van der Waals surface area contributed by atoms with Crippen LogP contribution in [-0.2, 0) is 13.8 Å². The number of alkyl halides is 1. The van der Waals surface area contributed by atoms with Crippen molar-refractivity contribution in [3.05, 3.63) is 0 Å². The van der Waals surface area contributed by atoms with Gasteiger partial charge in [0, 0.05) is 6.54 Å². The molecule has 0 aromatic rings. The highest BCUT2D eigenvalue weighted by Crippen LogP contribution is 2.56. The van der Waals surface area contributed by atoms with E-state index < -0.39 is 20.7 Å². The van der Waals surface area contributed by atoms with Gasteiger partial charge < -0.3 is 10.5 Å². The molecular weight excluding hydrogens is 224 g/mol. The van der Waals surface area contributed by atoms with Crippen molar-refractivity contribution in [3.63, 3.8) is 0 Å². The lowest BCUT2D eigenvalue weighted by Gasteiger charge is -2.18. The van der Waals surface area contributed by atoms with Crippen molar-refractivity contribution in [2.75, 3.05) is 32.8 Å². The molecule has 7 heteroatoms. The fraction of sp³-hybridized carbons (Fsp3) is 1.00. The Bertz CT molecular complexity index is 154. The number of hydrogen-bond acceptors (Lipinski definition) is 5. The Kier molecular flexibility index (Phi) is 8.42. The summed E-state index contributed by atoms with van der Waals surface area (Å²) in [5, 5.41) is 0. The first-order valence-electron chi connectivity index (χ1n) is 4.89. The van der Waals surface area contributed by atoms with Gasteiger partial charge in [-0.2, -0.15) is 13.9 Å². The van der Waals surface area contributed by atoms with Crippen molar-refractivity contribution in [3.8, 4) is 0 Å². The minimum atomic E-state index is -2.99. The maximum Gasteiger partial charge on any atom is 0.436 e. The Morgan fingerprint density at radius 2 is 1.87 bits per heavy atom. The van der Waals surface area contributed by atoms with Gasteiger partial charge in [-0.3, -0.25) is 0 Å². The molecule has 0 aliphatic heterocycles. The molecule has 0 amide bonds. The van der Waals surface area contributed by atoms with Crippen LogP contribution in [0.5, 0.6) is 0 Å². The van der Waals surface area contributed by atoms with E-state index in [1.165, 1.54) is 0 Å². The third-order valence-corrected chi connectivity index (χ3v) is 3.37. The molecule has 0 aromatic carbocycles. The summed E-state index contributed by atoms with van der Waals surface area (Å²) in [5.74, 6) is 0. The van der Waals surface area contributed by atoms with Crippen molar-refractivity contribution in [2.45, 2.75) is 20.0 Å². The van der Waals surface area contributed by atoms with Crippen LogP contribution in [0.2, 0.25) is 0 Å². The fourth-order valence-electron chi connectivity index (χ4n) is 0.890. The zero-order valence-corrected chi connectivity index (χ0v) is 10.1.